The molecule has 0 fully saturated rings. The van der Waals surface area contributed by atoms with Gasteiger partial charge in [-0.15, -0.1) is 0 Å². The number of carbonyl (C=O) groups is 4. The molecule has 0 aliphatic rings. The summed E-state index contributed by atoms with van der Waals surface area (Å²) in [4.78, 5) is 49.6. The fourth-order valence-electron chi connectivity index (χ4n) is 5.91. The number of hydrogen-bond donors (Lipinski definition) is 1. The maximum atomic E-state index is 13.2. The predicted molar refractivity (Wildman–Crippen MR) is 221 cm³/mol. The molecule has 5 rings (SSSR count). The second-order valence-electron chi connectivity index (χ2n) is 14.6. The van der Waals surface area contributed by atoms with Crippen molar-refractivity contribution < 1.29 is 38.5 Å². The van der Waals surface area contributed by atoms with Gasteiger partial charge in [0, 0.05) is 33.7 Å². The van der Waals surface area contributed by atoms with Crippen molar-refractivity contribution in [2.45, 2.75) is 40.5 Å². The Hall–Kier alpha value is -4.02. The van der Waals surface area contributed by atoms with E-state index in [-0.39, 0.29) is 61.3 Å². The first-order valence-electron chi connectivity index (χ1n) is 17.0. The molecule has 1 N–H and O–H groups in total. The molecule has 0 unspecified atom stereocenters. The van der Waals surface area contributed by atoms with Gasteiger partial charge in [-0.3, -0.25) is 0 Å². The highest BCUT2D eigenvalue weighted by molar-refractivity contribution is 6.41. The van der Waals surface area contributed by atoms with Gasteiger partial charge in [-0.05, 0) is 60.4 Å². The van der Waals surface area contributed by atoms with Gasteiger partial charge in [0.25, 0.3) is 0 Å². The van der Waals surface area contributed by atoms with Crippen LogP contribution < -0.4 is 4.74 Å². The van der Waals surface area contributed by atoms with Crippen LogP contribution in [0.1, 0.15) is 80.3 Å². The number of halogens is 6. The van der Waals surface area contributed by atoms with Crippen molar-refractivity contribution in [3.63, 3.8) is 0 Å². The zero-order valence-electron chi connectivity index (χ0n) is 30.4. The smallest absolute Gasteiger partial charge is 0.343 e. The summed E-state index contributed by atoms with van der Waals surface area (Å²) < 4.78 is 16.6. The number of hydrogen-bond acceptors (Lipinski definition) is 7. The van der Waals surface area contributed by atoms with Crippen molar-refractivity contribution in [2.75, 3.05) is 13.2 Å². The first-order chi connectivity index (χ1) is 26.3. The number of carboxylic acids is 1. The molecule has 0 heterocycles. The van der Waals surface area contributed by atoms with Gasteiger partial charge in [-0.2, -0.15) is 0 Å². The van der Waals surface area contributed by atoms with E-state index in [4.69, 9.17) is 88.9 Å². The Kier molecular flexibility index (Phi) is 13.6. The number of ether oxygens (including phenoxy) is 3. The van der Waals surface area contributed by atoms with Gasteiger partial charge < -0.3 is 19.3 Å². The molecule has 292 valence electrons. The van der Waals surface area contributed by atoms with Gasteiger partial charge in [-0.25, -0.2) is 19.2 Å². The Bertz CT molecular complexity index is 2310. The molecule has 0 atom stereocenters. The van der Waals surface area contributed by atoms with Crippen LogP contribution in [0.15, 0.2) is 78.9 Å². The molecule has 0 saturated carbocycles. The molecular formula is C42H34Cl6O8. The zero-order chi connectivity index (χ0) is 41.1. The fraction of sp³-hybridized carbons (Fsp3) is 0.238. The molecule has 0 spiro atoms. The Morgan fingerprint density at radius 2 is 0.964 bits per heavy atom. The van der Waals surface area contributed by atoms with Crippen LogP contribution in [0.3, 0.4) is 0 Å². The van der Waals surface area contributed by atoms with Crippen molar-refractivity contribution in [2.24, 2.45) is 10.8 Å². The molecule has 5 aromatic rings. The minimum absolute atomic E-state index is 0.0106. The normalized spacial score (nSPS) is 11.7. The Morgan fingerprint density at radius 3 is 1.39 bits per heavy atom. The molecule has 0 aliphatic heterocycles. The Morgan fingerprint density at radius 1 is 0.554 bits per heavy atom. The molecule has 0 aliphatic carbocycles. The Balaban J connectivity index is 1.21. The summed E-state index contributed by atoms with van der Waals surface area (Å²) in [5.41, 5.74) is 0.717. The van der Waals surface area contributed by atoms with Crippen LogP contribution in [-0.4, -0.2) is 42.2 Å². The van der Waals surface area contributed by atoms with Gasteiger partial charge in [-0.1, -0.05) is 128 Å². The third kappa shape index (κ3) is 10.3. The monoisotopic (exact) mass is 876 g/mol. The topological polar surface area (TPSA) is 116 Å². The average molecular weight is 879 g/mol. The molecular weight excluding hydrogens is 845 g/mol. The maximum absolute atomic E-state index is 13.2. The molecule has 0 bridgehead atoms. The van der Waals surface area contributed by atoms with E-state index in [1.807, 2.05) is 52.0 Å². The van der Waals surface area contributed by atoms with E-state index < -0.39 is 34.7 Å². The number of carbonyl (C=O) groups excluding carboxylic acids is 3. The predicted octanol–water partition coefficient (Wildman–Crippen LogP) is 12.5. The zero-order valence-corrected chi connectivity index (χ0v) is 34.9. The standard InChI is InChI=1S/C42H34Cl6O8/c1-41(2,20-54-39(52)33-29(43)6-5-7-30(33)44)18-24-12-14-28-27(35(24)47)15-13-25(36(28)48)19-42(3,4)21-55-40(53)34-31(45)16-26(17-32(34)46)56-38(51)23-10-8-22(9-11-23)37(49)50/h5-17H,18-21H2,1-4H3,(H,49,50). The largest absolute Gasteiger partial charge is 0.478 e. The number of aromatic carboxylic acids is 1. The van der Waals surface area contributed by atoms with Crippen LogP contribution in [-0.2, 0) is 22.3 Å². The minimum Gasteiger partial charge on any atom is -0.478 e. The minimum atomic E-state index is -1.13. The molecule has 56 heavy (non-hydrogen) atoms. The van der Waals surface area contributed by atoms with Crippen molar-refractivity contribution in [1.82, 2.24) is 0 Å². The molecule has 8 nitrogen and oxygen atoms in total. The van der Waals surface area contributed by atoms with Gasteiger partial charge >= 0.3 is 23.9 Å². The van der Waals surface area contributed by atoms with Crippen molar-refractivity contribution in [3.05, 3.63) is 142 Å². The number of benzene rings is 5. The second-order valence-corrected chi connectivity index (χ2v) is 17.0. The van der Waals surface area contributed by atoms with E-state index in [2.05, 4.69) is 0 Å². The number of esters is 3. The summed E-state index contributed by atoms with van der Waals surface area (Å²) in [7, 11) is 0. The third-order valence-corrected chi connectivity index (χ3v) is 10.8. The van der Waals surface area contributed by atoms with E-state index in [1.54, 1.807) is 18.2 Å². The van der Waals surface area contributed by atoms with Crippen LogP contribution in [0.2, 0.25) is 30.1 Å². The third-order valence-electron chi connectivity index (χ3n) is 8.72. The van der Waals surface area contributed by atoms with Crippen LogP contribution >= 0.6 is 69.6 Å². The fourth-order valence-corrected chi connectivity index (χ4v) is 7.67. The highest BCUT2D eigenvalue weighted by atomic mass is 35.5. The summed E-state index contributed by atoms with van der Waals surface area (Å²) in [6.45, 7) is 7.83. The van der Waals surface area contributed by atoms with Crippen LogP contribution in [0, 0.1) is 10.8 Å². The van der Waals surface area contributed by atoms with Gasteiger partial charge in [0.15, 0.2) is 0 Å². The van der Waals surface area contributed by atoms with Gasteiger partial charge in [0.2, 0.25) is 0 Å². The number of rotatable bonds is 13. The summed E-state index contributed by atoms with van der Waals surface area (Å²) in [5, 5.41) is 11.8. The van der Waals surface area contributed by atoms with Crippen LogP contribution in [0.25, 0.3) is 10.8 Å². The first-order valence-corrected chi connectivity index (χ1v) is 19.2. The lowest BCUT2D eigenvalue weighted by atomic mass is 9.84. The maximum Gasteiger partial charge on any atom is 0.343 e. The summed E-state index contributed by atoms with van der Waals surface area (Å²) in [6.07, 6.45) is 0.932. The van der Waals surface area contributed by atoms with E-state index in [0.29, 0.717) is 22.9 Å². The van der Waals surface area contributed by atoms with E-state index in [0.717, 1.165) is 21.9 Å². The highest BCUT2D eigenvalue weighted by Crippen LogP contribution is 2.39. The molecule has 0 amide bonds. The van der Waals surface area contributed by atoms with E-state index >= 15 is 0 Å². The van der Waals surface area contributed by atoms with Crippen molar-refractivity contribution >= 4 is 104 Å². The highest BCUT2D eigenvalue weighted by Gasteiger charge is 2.28. The van der Waals surface area contributed by atoms with E-state index in [9.17, 15) is 19.2 Å². The average Bonchev–Trinajstić information content (AvgIpc) is 3.12. The van der Waals surface area contributed by atoms with Crippen LogP contribution in [0.5, 0.6) is 5.75 Å². The lowest BCUT2D eigenvalue weighted by molar-refractivity contribution is 0.0335. The second kappa shape index (κ2) is 17.6. The molecule has 0 saturated heterocycles. The molecule has 0 aromatic heterocycles. The molecule has 5 aromatic carbocycles. The van der Waals surface area contributed by atoms with Crippen molar-refractivity contribution in [1.29, 1.82) is 0 Å². The lowest BCUT2D eigenvalue weighted by Crippen LogP contribution is -2.25. The first kappa shape index (κ1) is 43.1. The van der Waals surface area contributed by atoms with Gasteiger partial charge in [0.05, 0.1) is 65.6 Å². The lowest BCUT2D eigenvalue weighted by Gasteiger charge is -2.26. The molecule has 14 heteroatoms. The number of carboxylic acid groups (broad SMARTS) is 1. The Labute approximate surface area is 353 Å². The number of fused-ring (bicyclic) bond motifs is 1. The molecule has 0 radical (unpaired) electrons. The quantitative estimate of drug-likeness (QED) is 0.0918. The van der Waals surface area contributed by atoms with Gasteiger partial charge in [0.1, 0.15) is 5.75 Å². The summed E-state index contributed by atoms with van der Waals surface area (Å²) in [5.74, 6) is -3.31. The van der Waals surface area contributed by atoms with Crippen LogP contribution in [0.4, 0.5) is 0 Å². The SMILES string of the molecule is CC(C)(COC(=O)c1c(Cl)cccc1Cl)Cc1ccc2c(Cl)c(CC(C)(C)COC(=O)c3c(Cl)cc(OC(=O)c4ccc(C(=O)O)cc4)cc3Cl)ccc2c1Cl. The van der Waals surface area contributed by atoms with E-state index in [1.165, 1.54) is 36.4 Å². The summed E-state index contributed by atoms with van der Waals surface area (Å²) in [6, 6.07) is 20.1. The summed E-state index contributed by atoms with van der Waals surface area (Å²) >= 11 is 39.0. The van der Waals surface area contributed by atoms with Crippen molar-refractivity contribution in [3.8, 4) is 5.75 Å².